The van der Waals surface area contributed by atoms with Crippen molar-refractivity contribution >= 4 is 0 Å². The highest BCUT2D eigenvalue weighted by molar-refractivity contribution is 5.19. The van der Waals surface area contributed by atoms with Crippen LogP contribution in [0.4, 0.5) is 0 Å². The first kappa shape index (κ1) is 13.1. The van der Waals surface area contributed by atoms with E-state index in [0.29, 0.717) is 0 Å². The molecule has 0 aromatic carbocycles. The molecule has 0 aromatic heterocycles. The molecule has 0 heterocycles. The van der Waals surface area contributed by atoms with Crippen LogP contribution in [-0.4, -0.2) is 18.8 Å². The molecule has 1 atom stereocenters. The normalized spacial score (nSPS) is 26.4. The molecule has 98 valence electrons. The Morgan fingerprint density at radius 2 is 2.00 bits per heavy atom. The van der Waals surface area contributed by atoms with Gasteiger partial charge in [-0.05, 0) is 38.5 Å². The van der Waals surface area contributed by atoms with Crippen LogP contribution < -0.4 is 11.3 Å². The highest BCUT2D eigenvalue weighted by atomic mass is 16.5. The van der Waals surface area contributed by atoms with E-state index in [4.69, 9.17) is 10.6 Å². The van der Waals surface area contributed by atoms with Crippen LogP contribution in [0, 0.1) is 0 Å². The molecule has 2 aliphatic rings. The fourth-order valence-corrected chi connectivity index (χ4v) is 3.48. The molecule has 0 spiro atoms. The predicted octanol–water partition coefficient (Wildman–Crippen LogP) is 2.67. The summed E-state index contributed by atoms with van der Waals surface area (Å²) in [6, 6.07) is 0.216. The molecule has 1 fully saturated rings. The first-order valence-corrected chi connectivity index (χ1v) is 7.02. The van der Waals surface area contributed by atoms with Crippen LogP contribution in [0.5, 0.6) is 0 Å². The van der Waals surface area contributed by atoms with Crippen LogP contribution in [0.1, 0.15) is 57.8 Å². The molecule has 1 saturated carbocycles. The Morgan fingerprint density at radius 3 is 2.53 bits per heavy atom. The molecule has 0 amide bonds. The lowest BCUT2D eigenvalue weighted by molar-refractivity contribution is -0.0595. The molecule has 0 radical (unpaired) electrons. The van der Waals surface area contributed by atoms with Crippen molar-refractivity contribution in [1.29, 1.82) is 0 Å². The van der Waals surface area contributed by atoms with Crippen molar-refractivity contribution < 1.29 is 4.74 Å². The van der Waals surface area contributed by atoms with Gasteiger partial charge in [-0.3, -0.25) is 11.3 Å². The molecule has 17 heavy (non-hydrogen) atoms. The largest absolute Gasteiger partial charge is 0.376 e. The van der Waals surface area contributed by atoms with Gasteiger partial charge in [-0.2, -0.15) is 0 Å². The topological polar surface area (TPSA) is 47.3 Å². The minimum absolute atomic E-state index is 0.0594. The van der Waals surface area contributed by atoms with Gasteiger partial charge in [0.2, 0.25) is 0 Å². The van der Waals surface area contributed by atoms with Crippen molar-refractivity contribution in [2.45, 2.75) is 69.4 Å². The van der Waals surface area contributed by atoms with Crippen molar-refractivity contribution in [1.82, 2.24) is 5.43 Å². The van der Waals surface area contributed by atoms with E-state index in [1.807, 2.05) is 7.11 Å². The summed E-state index contributed by atoms with van der Waals surface area (Å²) < 4.78 is 5.90. The average Bonchev–Trinajstić information content (AvgIpc) is 2.42. The molecule has 3 heteroatoms. The molecular formula is C14H26N2O. The maximum Gasteiger partial charge on any atom is 0.0882 e. The van der Waals surface area contributed by atoms with Crippen LogP contribution in [0.2, 0.25) is 0 Å². The molecule has 2 rings (SSSR count). The summed E-state index contributed by atoms with van der Waals surface area (Å²) in [7, 11) is 1.85. The predicted molar refractivity (Wildman–Crippen MR) is 70.5 cm³/mol. The van der Waals surface area contributed by atoms with Gasteiger partial charge in [-0.15, -0.1) is 0 Å². The summed E-state index contributed by atoms with van der Waals surface area (Å²) in [5.41, 5.74) is 4.46. The number of allylic oxidation sites excluding steroid dienone is 1. The molecule has 0 bridgehead atoms. The third-order valence-corrected chi connectivity index (χ3v) is 4.50. The van der Waals surface area contributed by atoms with Crippen LogP contribution in [0.15, 0.2) is 11.6 Å². The lowest BCUT2D eigenvalue weighted by atomic mass is 9.75. The Hall–Kier alpha value is -0.380. The molecule has 1 unspecified atom stereocenters. The number of ether oxygens (including phenoxy) is 1. The van der Waals surface area contributed by atoms with E-state index in [0.717, 1.165) is 12.8 Å². The highest BCUT2D eigenvalue weighted by Gasteiger charge is 2.41. The summed E-state index contributed by atoms with van der Waals surface area (Å²) in [5, 5.41) is 0. The minimum atomic E-state index is -0.0594. The molecule has 2 aliphatic carbocycles. The smallest absolute Gasteiger partial charge is 0.0882 e. The van der Waals surface area contributed by atoms with Gasteiger partial charge in [-0.25, -0.2) is 0 Å². The minimum Gasteiger partial charge on any atom is -0.376 e. The van der Waals surface area contributed by atoms with Crippen molar-refractivity contribution in [3.05, 3.63) is 11.6 Å². The SMILES string of the molecule is COC1(C(NN)C2=CCCCC2)CCCCC1. The van der Waals surface area contributed by atoms with Crippen molar-refractivity contribution in [2.75, 3.05) is 7.11 Å². The van der Waals surface area contributed by atoms with E-state index in [2.05, 4.69) is 11.5 Å². The lowest BCUT2D eigenvalue weighted by Gasteiger charge is -2.43. The van der Waals surface area contributed by atoms with Crippen LogP contribution in [0.25, 0.3) is 0 Å². The second-order valence-corrected chi connectivity index (χ2v) is 5.45. The number of nitrogens with one attached hydrogen (secondary N) is 1. The van der Waals surface area contributed by atoms with Gasteiger partial charge in [0.05, 0.1) is 11.6 Å². The van der Waals surface area contributed by atoms with E-state index in [-0.39, 0.29) is 11.6 Å². The summed E-state index contributed by atoms with van der Waals surface area (Å²) in [6.07, 6.45) is 13.5. The first-order valence-electron chi connectivity index (χ1n) is 7.02. The van der Waals surface area contributed by atoms with Gasteiger partial charge in [-0.1, -0.05) is 30.9 Å². The number of methoxy groups -OCH3 is 1. The van der Waals surface area contributed by atoms with Gasteiger partial charge in [0.1, 0.15) is 0 Å². The fraction of sp³-hybridized carbons (Fsp3) is 0.857. The second-order valence-electron chi connectivity index (χ2n) is 5.45. The summed E-state index contributed by atoms with van der Waals surface area (Å²) in [5.74, 6) is 5.82. The molecule has 3 nitrogen and oxygen atoms in total. The molecular weight excluding hydrogens is 212 g/mol. The highest BCUT2D eigenvalue weighted by Crippen LogP contribution is 2.38. The van der Waals surface area contributed by atoms with Gasteiger partial charge in [0.15, 0.2) is 0 Å². The lowest BCUT2D eigenvalue weighted by Crippen LogP contribution is -2.56. The van der Waals surface area contributed by atoms with E-state index in [1.54, 1.807) is 0 Å². The van der Waals surface area contributed by atoms with E-state index < -0.39 is 0 Å². The van der Waals surface area contributed by atoms with Gasteiger partial charge in [0, 0.05) is 7.11 Å². The zero-order valence-electron chi connectivity index (χ0n) is 11.0. The number of rotatable bonds is 4. The summed E-state index contributed by atoms with van der Waals surface area (Å²) in [4.78, 5) is 0. The van der Waals surface area contributed by atoms with Crippen molar-refractivity contribution in [2.24, 2.45) is 5.84 Å². The Bertz CT molecular complexity index is 269. The third-order valence-electron chi connectivity index (χ3n) is 4.50. The maximum absolute atomic E-state index is 5.90. The quantitative estimate of drug-likeness (QED) is 0.450. The average molecular weight is 238 g/mol. The van der Waals surface area contributed by atoms with Gasteiger partial charge < -0.3 is 4.74 Å². The van der Waals surface area contributed by atoms with E-state index in [1.165, 1.54) is 50.5 Å². The molecule has 0 aliphatic heterocycles. The van der Waals surface area contributed by atoms with Crippen LogP contribution >= 0.6 is 0 Å². The Balaban J connectivity index is 2.16. The Kier molecular flexibility index (Phi) is 4.60. The van der Waals surface area contributed by atoms with E-state index >= 15 is 0 Å². The molecule has 3 N–H and O–H groups in total. The van der Waals surface area contributed by atoms with Crippen molar-refractivity contribution in [3.63, 3.8) is 0 Å². The molecule has 0 aromatic rings. The number of hydrazine groups is 1. The zero-order chi connectivity index (χ0) is 12.1. The number of hydrogen-bond acceptors (Lipinski definition) is 3. The van der Waals surface area contributed by atoms with Crippen LogP contribution in [-0.2, 0) is 4.74 Å². The summed E-state index contributed by atoms with van der Waals surface area (Å²) in [6.45, 7) is 0. The zero-order valence-corrected chi connectivity index (χ0v) is 11.0. The third kappa shape index (κ3) is 2.72. The monoisotopic (exact) mass is 238 g/mol. The van der Waals surface area contributed by atoms with Crippen LogP contribution in [0.3, 0.4) is 0 Å². The second kappa shape index (κ2) is 5.98. The first-order chi connectivity index (χ1) is 8.32. The molecule has 0 saturated heterocycles. The number of hydrogen-bond donors (Lipinski definition) is 2. The standard InChI is InChI=1S/C14H26N2O/c1-17-14(10-6-3-7-11-14)13(16-15)12-8-4-2-5-9-12/h8,13,16H,2-7,9-11,15H2,1H3. The fourth-order valence-electron chi connectivity index (χ4n) is 3.48. The van der Waals surface area contributed by atoms with Gasteiger partial charge in [0.25, 0.3) is 0 Å². The Morgan fingerprint density at radius 1 is 1.24 bits per heavy atom. The maximum atomic E-state index is 5.90. The van der Waals surface area contributed by atoms with Gasteiger partial charge >= 0.3 is 0 Å². The van der Waals surface area contributed by atoms with E-state index in [9.17, 15) is 0 Å². The Labute approximate surface area is 105 Å². The summed E-state index contributed by atoms with van der Waals surface area (Å²) >= 11 is 0. The number of nitrogens with two attached hydrogens (primary N) is 1. The van der Waals surface area contributed by atoms with Crippen molar-refractivity contribution in [3.8, 4) is 0 Å².